The van der Waals surface area contributed by atoms with Gasteiger partial charge in [0.15, 0.2) is 0 Å². The molecule has 102 valence electrons. The Kier molecular flexibility index (Phi) is 8.61. The van der Waals surface area contributed by atoms with Crippen LogP contribution in [0.25, 0.3) is 0 Å². The zero-order valence-corrected chi connectivity index (χ0v) is 12.2. The molecule has 3 nitrogen and oxygen atoms in total. The van der Waals surface area contributed by atoms with Gasteiger partial charge in [-0.25, -0.2) is 0 Å². The second-order valence-electron chi connectivity index (χ2n) is 4.92. The first-order valence-corrected chi connectivity index (χ1v) is 6.64. The number of amides is 1. The number of piperidine rings is 1. The van der Waals surface area contributed by atoms with Crippen molar-refractivity contribution >= 4 is 18.3 Å². The first-order chi connectivity index (χ1) is 7.70. The Morgan fingerprint density at radius 2 is 2.18 bits per heavy atom. The van der Waals surface area contributed by atoms with Gasteiger partial charge in [-0.1, -0.05) is 20.3 Å². The minimum atomic E-state index is 0. The first kappa shape index (κ1) is 16.7. The second kappa shape index (κ2) is 8.76. The van der Waals surface area contributed by atoms with E-state index in [9.17, 15) is 4.79 Å². The largest absolute Gasteiger partial charge is 0.339 e. The standard InChI is InChI=1S/C13H26N2O.ClH/c1-4-6-12-11(2)7-5-10-15(12)13(16)8-9-14-3;/h11-12,14H,4-10H2,1-3H3;1H. The van der Waals surface area contributed by atoms with Gasteiger partial charge >= 0.3 is 0 Å². The average molecular weight is 263 g/mol. The number of carbonyl (C=O) groups is 1. The lowest BCUT2D eigenvalue weighted by Gasteiger charge is -2.40. The van der Waals surface area contributed by atoms with Crippen molar-refractivity contribution in [3.8, 4) is 0 Å². The molecule has 2 unspecified atom stereocenters. The highest BCUT2D eigenvalue weighted by atomic mass is 35.5. The van der Waals surface area contributed by atoms with E-state index in [1.165, 1.54) is 19.3 Å². The number of nitrogens with one attached hydrogen (secondary N) is 1. The van der Waals surface area contributed by atoms with Crippen LogP contribution in [0.3, 0.4) is 0 Å². The van der Waals surface area contributed by atoms with Gasteiger partial charge < -0.3 is 10.2 Å². The van der Waals surface area contributed by atoms with Crippen molar-refractivity contribution in [3.05, 3.63) is 0 Å². The van der Waals surface area contributed by atoms with Crippen molar-refractivity contribution in [1.29, 1.82) is 0 Å². The van der Waals surface area contributed by atoms with E-state index in [4.69, 9.17) is 0 Å². The highest BCUT2D eigenvalue weighted by Gasteiger charge is 2.30. The molecule has 0 aliphatic carbocycles. The zero-order valence-electron chi connectivity index (χ0n) is 11.4. The summed E-state index contributed by atoms with van der Waals surface area (Å²) in [5.74, 6) is 1.01. The number of nitrogens with zero attached hydrogens (tertiary/aromatic N) is 1. The van der Waals surface area contributed by atoms with Crippen LogP contribution >= 0.6 is 12.4 Å². The predicted octanol–water partition coefficient (Wildman–Crippen LogP) is 2.44. The van der Waals surface area contributed by atoms with Crippen LogP contribution in [0.1, 0.15) is 46.0 Å². The zero-order chi connectivity index (χ0) is 12.0. The van der Waals surface area contributed by atoms with Crippen LogP contribution < -0.4 is 5.32 Å². The van der Waals surface area contributed by atoms with Crippen molar-refractivity contribution in [3.63, 3.8) is 0 Å². The van der Waals surface area contributed by atoms with Gasteiger partial charge in [0.05, 0.1) is 0 Å². The van der Waals surface area contributed by atoms with Crippen LogP contribution in [-0.2, 0) is 4.79 Å². The lowest BCUT2D eigenvalue weighted by atomic mass is 9.88. The van der Waals surface area contributed by atoms with Crippen LogP contribution in [-0.4, -0.2) is 37.0 Å². The molecule has 0 aromatic heterocycles. The second-order valence-corrected chi connectivity index (χ2v) is 4.92. The third kappa shape index (κ3) is 4.84. The van der Waals surface area contributed by atoms with E-state index in [0.29, 0.717) is 24.3 Å². The third-order valence-corrected chi connectivity index (χ3v) is 3.61. The van der Waals surface area contributed by atoms with E-state index in [1.54, 1.807) is 0 Å². The Balaban J connectivity index is 0.00000256. The van der Waals surface area contributed by atoms with Gasteiger partial charge in [-0.15, -0.1) is 12.4 Å². The molecule has 1 rings (SSSR count). The van der Waals surface area contributed by atoms with Crippen molar-refractivity contribution in [2.75, 3.05) is 20.1 Å². The van der Waals surface area contributed by atoms with E-state index in [2.05, 4.69) is 24.1 Å². The van der Waals surface area contributed by atoms with Gasteiger partial charge in [0.2, 0.25) is 5.91 Å². The molecule has 1 aliphatic heterocycles. The number of hydrogen-bond donors (Lipinski definition) is 1. The molecule has 1 amide bonds. The van der Waals surface area contributed by atoms with Crippen molar-refractivity contribution < 1.29 is 4.79 Å². The lowest BCUT2D eigenvalue weighted by Crippen LogP contribution is -2.48. The molecule has 0 aromatic carbocycles. The normalized spacial score (nSPS) is 24.3. The van der Waals surface area contributed by atoms with Crippen molar-refractivity contribution in [2.24, 2.45) is 5.92 Å². The fourth-order valence-electron chi connectivity index (χ4n) is 2.67. The Morgan fingerprint density at radius 3 is 2.76 bits per heavy atom. The van der Waals surface area contributed by atoms with Gasteiger partial charge in [0.1, 0.15) is 0 Å². The number of rotatable bonds is 5. The summed E-state index contributed by atoms with van der Waals surface area (Å²) in [5.41, 5.74) is 0. The summed E-state index contributed by atoms with van der Waals surface area (Å²) in [6.07, 6.45) is 5.42. The highest BCUT2D eigenvalue weighted by molar-refractivity contribution is 5.85. The van der Waals surface area contributed by atoms with E-state index < -0.39 is 0 Å². The van der Waals surface area contributed by atoms with Gasteiger partial charge in [-0.2, -0.15) is 0 Å². The summed E-state index contributed by atoms with van der Waals surface area (Å²) in [6, 6.07) is 0.489. The topological polar surface area (TPSA) is 32.3 Å². The third-order valence-electron chi connectivity index (χ3n) is 3.61. The molecule has 1 fully saturated rings. The number of carbonyl (C=O) groups excluding carboxylic acids is 1. The molecular formula is C13H27ClN2O. The van der Waals surface area contributed by atoms with E-state index in [0.717, 1.165) is 19.5 Å². The molecular weight excluding hydrogens is 236 g/mol. The van der Waals surface area contributed by atoms with Gasteiger partial charge in [0, 0.05) is 25.6 Å². The molecule has 1 N–H and O–H groups in total. The Hall–Kier alpha value is -0.280. The van der Waals surface area contributed by atoms with Crippen LogP contribution in [0, 0.1) is 5.92 Å². The highest BCUT2D eigenvalue weighted by Crippen LogP contribution is 2.26. The predicted molar refractivity (Wildman–Crippen MR) is 74.6 cm³/mol. The molecule has 0 saturated carbocycles. The summed E-state index contributed by atoms with van der Waals surface area (Å²) < 4.78 is 0. The quantitative estimate of drug-likeness (QED) is 0.826. The maximum absolute atomic E-state index is 12.1. The van der Waals surface area contributed by atoms with Crippen LogP contribution in [0.4, 0.5) is 0 Å². The summed E-state index contributed by atoms with van der Waals surface area (Å²) in [4.78, 5) is 14.2. The molecule has 1 aliphatic rings. The SMILES string of the molecule is CCCC1C(C)CCCN1C(=O)CCNC.Cl. The minimum Gasteiger partial charge on any atom is -0.339 e. The fourth-order valence-corrected chi connectivity index (χ4v) is 2.67. The van der Waals surface area contributed by atoms with E-state index in [-0.39, 0.29) is 12.4 Å². The van der Waals surface area contributed by atoms with Crippen molar-refractivity contribution in [2.45, 2.75) is 52.0 Å². The molecule has 4 heteroatoms. The minimum absolute atomic E-state index is 0. The average Bonchev–Trinajstić information content (AvgIpc) is 2.29. The van der Waals surface area contributed by atoms with Gasteiger partial charge in [-0.3, -0.25) is 4.79 Å². The molecule has 0 bridgehead atoms. The molecule has 1 saturated heterocycles. The number of halogens is 1. The number of likely N-dealkylation sites (tertiary alicyclic amines) is 1. The Labute approximate surface area is 112 Å². The van der Waals surface area contributed by atoms with Gasteiger partial charge in [0.25, 0.3) is 0 Å². The lowest BCUT2D eigenvalue weighted by molar-refractivity contribution is -0.136. The molecule has 1 heterocycles. The monoisotopic (exact) mass is 262 g/mol. The summed E-state index contributed by atoms with van der Waals surface area (Å²) >= 11 is 0. The molecule has 2 atom stereocenters. The summed E-state index contributed by atoms with van der Waals surface area (Å²) in [5, 5.41) is 3.05. The molecule has 17 heavy (non-hydrogen) atoms. The van der Waals surface area contributed by atoms with E-state index >= 15 is 0 Å². The van der Waals surface area contributed by atoms with Crippen molar-refractivity contribution in [1.82, 2.24) is 10.2 Å². The van der Waals surface area contributed by atoms with E-state index in [1.807, 2.05) is 7.05 Å². The first-order valence-electron chi connectivity index (χ1n) is 6.64. The molecule has 0 spiro atoms. The Morgan fingerprint density at radius 1 is 1.47 bits per heavy atom. The van der Waals surface area contributed by atoms with Crippen LogP contribution in [0.5, 0.6) is 0 Å². The summed E-state index contributed by atoms with van der Waals surface area (Å²) in [7, 11) is 1.90. The smallest absolute Gasteiger partial charge is 0.224 e. The van der Waals surface area contributed by atoms with Crippen LogP contribution in [0.15, 0.2) is 0 Å². The van der Waals surface area contributed by atoms with Crippen LogP contribution in [0.2, 0.25) is 0 Å². The Bertz CT molecular complexity index is 223. The number of hydrogen-bond acceptors (Lipinski definition) is 2. The maximum Gasteiger partial charge on any atom is 0.224 e. The van der Waals surface area contributed by atoms with Gasteiger partial charge in [-0.05, 0) is 32.2 Å². The fraction of sp³-hybridized carbons (Fsp3) is 0.923. The molecule has 0 aromatic rings. The maximum atomic E-state index is 12.1. The summed E-state index contributed by atoms with van der Waals surface area (Å²) in [6.45, 7) is 6.26. The molecule has 0 radical (unpaired) electrons.